The zero-order chi connectivity index (χ0) is 13.6. The van der Waals surface area contributed by atoms with E-state index in [-0.39, 0.29) is 5.82 Å². The van der Waals surface area contributed by atoms with E-state index in [1.807, 2.05) is 0 Å². The molecule has 0 fully saturated rings. The molecular formula is C13H19ClFNO2. The van der Waals surface area contributed by atoms with Gasteiger partial charge >= 0.3 is 0 Å². The molecule has 0 aliphatic rings. The molecule has 0 saturated heterocycles. The maximum atomic E-state index is 13.1. The van der Waals surface area contributed by atoms with E-state index in [4.69, 9.17) is 16.3 Å². The molecule has 0 bridgehead atoms. The van der Waals surface area contributed by atoms with Gasteiger partial charge in [-0.2, -0.15) is 0 Å². The standard InChI is InChI=1S/C13H19ClFNO2/c1-13(17,3-4-18-2)9-16-8-10-5-11(14)7-12(15)6-10/h5-7,16-17H,3-4,8-9H2,1-2H3. The van der Waals surface area contributed by atoms with Crippen LogP contribution < -0.4 is 5.32 Å². The quantitative estimate of drug-likeness (QED) is 0.803. The van der Waals surface area contributed by atoms with Crippen LogP contribution in [0.25, 0.3) is 0 Å². The van der Waals surface area contributed by atoms with Crippen molar-refractivity contribution >= 4 is 11.6 Å². The molecule has 5 heteroatoms. The fourth-order valence-corrected chi connectivity index (χ4v) is 1.84. The second kappa shape index (κ2) is 7.04. The van der Waals surface area contributed by atoms with Crippen LogP contribution >= 0.6 is 11.6 Å². The van der Waals surface area contributed by atoms with Crippen LogP contribution in [0.4, 0.5) is 4.39 Å². The zero-order valence-electron chi connectivity index (χ0n) is 10.7. The highest BCUT2D eigenvalue weighted by atomic mass is 35.5. The number of benzene rings is 1. The SMILES string of the molecule is COCCC(C)(O)CNCc1cc(F)cc(Cl)c1. The minimum absolute atomic E-state index is 0.356. The van der Waals surface area contributed by atoms with Gasteiger partial charge in [-0.15, -0.1) is 0 Å². The number of halogens is 2. The third kappa shape index (κ3) is 5.78. The molecule has 2 N–H and O–H groups in total. The normalized spacial score (nSPS) is 14.5. The first-order valence-electron chi connectivity index (χ1n) is 5.80. The zero-order valence-corrected chi connectivity index (χ0v) is 11.4. The van der Waals surface area contributed by atoms with E-state index in [1.54, 1.807) is 20.1 Å². The number of rotatable bonds is 7. The predicted octanol–water partition coefficient (Wildman–Crippen LogP) is 2.36. The lowest BCUT2D eigenvalue weighted by molar-refractivity contribution is 0.0247. The van der Waals surface area contributed by atoms with Gasteiger partial charge in [0, 0.05) is 38.2 Å². The molecular weight excluding hydrogens is 257 g/mol. The first kappa shape index (κ1) is 15.4. The van der Waals surface area contributed by atoms with E-state index in [2.05, 4.69) is 5.32 Å². The van der Waals surface area contributed by atoms with Gasteiger partial charge < -0.3 is 15.2 Å². The Kier molecular flexibility index (Phi) is 6.02. The summed E-state index contributed by atoms with van der Waals surface area (Å²) in [6.45, 7) is 3.10. The summed E-state index contributed by atoms with van der Waals surface area (Å²) >= 11 is 5.75. The van der Waals surface area contributed by atoms with Crippen molar-refractivity contribution in [2.75, 3.05) is 20.3 Å². The average Bonchev–Trinajstić information content (AvgIpc) is 2.25. The molecule has 0 heterocycles. The summed E-state index contributed by atoms with van der Waals surface area (Å²) in [4.78, 5) is 0. The second-order valence-corrected chi connectivity index (χ2v) is 5.06. The first-order valence-corrected chi connectivity index (χ1v) is 6.18. The number of hydrogen-bond acceptors (Lipinski definition) is 3. The smallest absolute Gasteiger partial charge is 0.125 e. The lowest BCUT2D eigenvalue weighted by Crippen LogP contribution is -2.38. The van der Waals surface area contributed by atoms with Crippen molar-refractivity contribution in [3.63, 3.8) is 0 Å². The van der Waals surface area contributed by atoms with E-state index in [1.165, 1.54) is 12.1 Å². The number of nitrogens with one attached hydrogen (secondary N) is 1. The van der Waals surface area contributed by atoms with Gasteiger partial charge in [0.2, 0.25) is 0 Å². The van der Waals surface area contributed by atoms with Gasteiger partial charge in [-0.25, -0.2) is 4.39 Å². The topological polar surface area (TPSA) is 41.5 Å². The van der Waals surface area contributed by atoms with Crippen molar-refractivity contribution in [2.24, 2.45) is 0 Å². The van der Waals surface area contributed by atoms with Crippen LogP contribution in [0.15, 0.2) is 18.2 Å². The van der Waals surface area contributed by atoms with Crippen molar-refractivity contribution < 1.29 is 14.2 Å². The monoisotopic (exact) mass is 275 g/mol. The molecule has 3 nitrogen and oxygen atoms in total. The molecule has 0 aliphatic heterocycles. The number of ether oxygens (including phenoxy) is 1. The van der Waals surface area contributed by atoms with Crippen LogP contribution in [0.2, 0.25) is 5.02 Å². The van der Waals surface area contributed by atoms with Crippen LogP contribution in [0.5, 0.6) is 0 Å². The van der Waals surface area contributed by atoms with Gasteiger partial charge in [0.15, 0.2) is 0 Å². The Bertz CT molecular complexity index is 365. The minimum atomic E-state index is -0.840. The number of aliphatic hydroxyl groups is 1. The molecule has 18 heavy (non-hydrogen) atoms. The van der Waals surface area contributed by atoms with Crippen molar-refractivity contribution in [3.05, 3.63) is 34.6 Å². The molecule has 102 valence electrons. The maximum Gasteiger partial charge on any atom is 0.125 e. The lowest BCUT2D eigenvalue weighted by atomic mass is 10.0. The molecule has 1 aromatic carbocycles. The Balaban J connectivity index is 2.41. The molecule has 0 saturated carbocycles. The van der Waals surface area contributed by atoms with Crippen molar-refractivity contribution in [1.82, 2.24) is 5.32 Å². The molecule has 1 aromatic rings. The van der Waals surface area contributed by atoms with Crippen LogP contribution in [0.1, 0.15) is 18.9 Å². The summed E-state index contributed by atoms with van der Waals surface area (Å²) in [5, 5.41) is 13.4. The van der Waals surface area contributed by atoms with Gasteiger partial charge in [0.1, 0.15) is 5.82 Å². The van der Waals surface area contributed by atoms with Gasteiger partial charge in [-0.1, -0.05) is 11.6 Å². The van der Waals surface area contributed by atoms with Gasteiger partial charge in [0.25, 0.3) is 0 Å². The lowest BCUT2D eigenvalue weighted by Gasteiger charge is -2.23. The maximum absolute atomic E-state index is 13.1. The Hall–Kier alpha value is -0.680. The van der Waals surface area contributed by atoms with Crippen LogP contribution in [-0.4, -0.2) is 31.0 Å². The predicted molar refractivity (Wildman–Crippen MR) is 70.2 cm³/mol. The van der Waals surface area contributed by atoms with E-state index >= 15 is 0 Å². The second-order valence-electron chi connectivity index (χ2n) is 4.62. The van der Waals surface area contributed by atoms with E-state index in [0.29, 0.717) is 31.1 Å². The average molecular weight is 276 g/mol. The summed E-state index contributed by atoms with van der Waals surface area (Å²) in [5.74, 6) is -0.356. The fraction of sp³-hybridized carbons (Fsp3) is 0.538. The van der Waals surface area contributed by atoms with E-state index < -0.39 is 5.60 Å². The van der Waals surface area contributed by atoms with Crippen LogP contribution in [0, 0.1) is 5.82 Å². The summed E-state index contributed by atoms with van der Waals surface area (Å²) in [5.41, 5.74) is -0.0878. The summed E-state index contributed by atoms with van der Waals surface area (Å²) in [6.07, 6.45) is 0.542. The molecule has 1 unspecified atom stereocenters. The molecule has 0 aromatic heterocycles. The summed E-state index contributed by atoms with van der Waals surface area (Å²) in [6, 6.07) is 4.38. The largest absolute Gasteiger partial charge is 0.389 e. The third-order valence-electron chi connectivity index (χ3n) is 2.60. The first-order chi connectivity index (χ1) is 8.43. The molecule has 0 aliphatic carbocycles. The van der Waals surface area contributed by atoms with E-state index in [0.717, 1.165) is 5.56 Å². The van der Waals surface area contributed by atoms with Gasteiger partial charge in [0.05, 0.1) is 5.60 Å². The van der Waals surface area contributed by atoms with E-state index in [9.17, 15) is 9.50 Å². The number of hydrogen-bond donors (Lipinski definition) is 2. The summed E-state index contributed by atoms with van der Waals surface area (Å²) < 4.78 is 18.0. The molecule has 0 spiro atoms. The molecule has 0 radical (unpaired) electrons. The van der Waals surface area contributed by atoms with Crippen LogP contribution in [0.3, 0.4) is 0 Å². The Morgan fingerprint density at radius 1 is 1.44 bits per heavy atom. The summed E-state index contributed by atoms with van der Waals surface area (Å²) in [7, 11) is 1.60. The van der Waals surface area contributed by atoms with Crippen molar-refractivity contribution in [1.29, 1.82) is 0 Å². The highest BCUT2D eigenvalue weighted by molar-refractivity contribution is 6.30. The highest BCUT2D eigenvalue weighted by Crippen LogP contribution is 2.14. The number of methoxy groups -OCH3 is 1. The Morgan fingerprint density at radius 2 is 2.17 bits per heavy atom. The van der Waals surface area contributed by atoms with Crippen LogP contribution in [-0.2, 0) is 11.3 Å². The van der Waals surface area contributed by atoms with Crippen molar-refractivity contribution in [3.8, 4) is 0 Å². The molecule has 0 amide bonds. The van der Waals surface area contributed by atoms with Crippen molar-refractivity contribution in [2.45, 2.75) is 25.5 Å². The molecule has 1 atom stereocenters. The Labute approximate surface area is 112 Å². The minimum Gasteiger partial charge on any atom is -0.389 e. The Morgan fingerprint density at radius 3 is 2.78 bits per heavy atom. The van der Waals surface area contributed by atoms with Gasteiger partial charge in [-0.05, 0) is 30.7 Å². The molecule has 1 rings (SSSR count). The third-order valence-corrected chi connectivity index (χ3v) is 2.82. The highest BCUT2D eigenvalue weighted by Gasteiger charge is 2.19. The van der Waals surface area contributed by atoms with Gasteiger partial charge in [-0.3, -0.25) is 0 Å². The fourth-order valence-electron chi connectivity index (χ4n) is 1.60.